The van der Waals surface area contributed by atoms with Crippen molar-refractivity contribution in [2.24, 2.45) is 0 Å². The fourth-order valence-electron chi connectivity index (χ4n) is 1.94. The third-order valence-corrected chi connectivity index (χ3v) is 3.63. The summed E-state index contributed by atoms with van der Waals surface area (Å²) in [6, 6.07) is 3.02. The normalized spacial score (nSPS) is 10.7. The van der Waals surface area contributed by atoms with Crippen LogP contribution in [0.3, 0.4) is 0 Å². The van der Waals surface area contributed by atoms with Gasteiger partial charge in [0.2, 0.25) is 5.91 Å². The van der Waals surface area contributed by atoms with Gasteiger partial charge in [0.1, 0.15) is 11.2 Å². The van der Waals surface area contributed by atoms with Crippen LogP contribution in [0.5, 0.6) is 5.75 Å². The van der Waals surface area contributed by atoms with Crippen molar-refractivity contribution in [1.82, 2.24) is 16.0 Å². The number of rotatable bonds is 7. The Morgan fingerprint density at radius 2 is 1.59 bits per heavy atom. The van der Waals surface area contributed by atoms with Crippen molar-refractivity contribution in [2.75, 3.05) is 26.7 Å². The third kappa shape index (κ3) is 7.92. The number of carbonyl (C=O) groups excluding carboxylic acids is 3. The van der Waals surface area contributed by atoms with Crippen molar-refractivity contribution < 1.29 is 23.9 Å². The van der Waals surface area contributed by atoms with E-state index in [1.807, 2.05) is 0 Å². The van der Waals surface area contributed by atoms with Crippen molar-refractivity contribution >= 4 is 41.1 Å². The summed E-state index contributed by atoms with van der Waals surface area (Å²) >= 11 is 12.0. The number of hydrogen-bond acceptors (Lipinski definition) is 5. The van der Waals surface area contributed by atoms with E-state index >= 15 is 0 Å². The van der Waals surface area contributed by atoms with Crippen LogP contribution in [-0.4, -0.2) is 50.3 Å². The van der Waals surface area contributed by atoms with Gasteiger partial charge in [0, 0.05) is 13.1 Å². The van der Waals surface area contributed by atoms with Gasteiger partial charge >= 0.3 is 6.09 Å². The summed E-state index contributed by atoms with van der Waals surface area (Å²) in [7, 11) is 1.38. The standard InChI is InChI=1S/C17H23Cl2N3O5/c1-17(2,3)27-16(25)22-9-12(23)20-7-8-21-15(24)13-10(18)5-6-11(19)14(13)26-4/h5-6H,7-9H2,1-4H3,(H,20,23)(H,21,24)(H,22,25). The zero-order valence-corrected chi connectivity index (χ0v) is 17.1. The van der Waals surface area contributed by atoms with Crippen LogP contribution >= 0.6 is 23.2 Å². The molecule has 0 aliphatic rings. The molecule has 0 atom stereocenters. The van der Waals surface area contributed by atoms with Crippen LogP contribution in [0.2, 0.25) is 10.0 Å². The topological polar surface area (TPSA) is 106 Å². The van der Waals surface area contributed by atoms with E-state index < -0.39 is 23.5 Å². The molecular formula is C17H23Cl2N3O5. The Labute approximate surface area is 167 Å². The van der Waals surface area contributed by atoms with Crippen LogP contribution in [0.4, 0.5) is 4.79 Å². The Morgan fingerprint density at radius 3 is 2.19 bits per heavy atom. The van der Waals surface area contributed by atoms with Crippen LogP contribution in [0.1, 0.15) is 31.1 Å². The highest BCUT2D eigenvalue weighted by Gasteiger charge is 2.19. The zero-order chi connectivity index (χ0) is 20.6. The first-order valence-corrected chi connectivity index (χ1v) is 8.84. The minimum Gasteiger partial charge on any atom is -0.494 e. The summed E-state index contributed by atoms with van der Waals surface area (Å²) in [4.78, 5) is 35.4. The molecule has 1 aromatic rings. The van der Waals surface area contributed by atoms with Gasteiger partial charge in [0.25, 0.3) is 5.91 Å². The lowest BCUT2D eigenvalue weighted by molar-refractivity contribution is -0.120. The lowest BCUT2D eigenvalue weighted by Gasteiger charge is -2.19. The summed E-state index contributed by atoms with van der Waals surface area (Å²) in [5.74, 6) is -0.735. The van der Waals surface area contributed by atoms with E-state index in [4.69, 9.17) is 32.7 Å². The number of halogens is 2. The van der Waals surface area contributed by atoms with Crippen LogP contribution in [0.15, 0.2) is 12.1 Å². The average molecular weight is 420 g/mol. The Morgan fingerprint density at radius 1 is 1.00 bits per heavy atom. The Balaban J connectivity index is 2.40. The van der Waals surface area contributed by atoms with Gasteiger partial charge < -0.3 is 25.4 Å². The van der Waals surface area contributed by atoms with Gasteiger partial charge in [-0.05, 0) is 32.9 Å². The summed E-state index contributed by atoms with van der Waals surface area (Å²) in [5, 5.41) is 7.94. The number of carbonyl (C=O) groups is 3. The van der Waals surface area contributed by atoms with Gasteiger partial charge in [-0.15, -0.1) is 0 Å². The summed E-state index contributed by atoms with van der Waals surface area (Å²) < 4.78 is 10.1. The number of alkyl carbamates (subject to hydrolysis) is 1. The molecule has 0 saturated heterocycles. The van der Waals surface area contributed by atoms with E-state index in [9.17, 15) is 14.4 Å². The molecule has 10 heteroatoms. The number of hydrogen-bond donors (Lipinski definition) is 3. The molecule has 0 unspecified atom stereocenters. The third-order valence-electron chi connectivity index (χ3n) is 3.01. The molecular weight excluding hydrogens is 397 g/mol. The largest absolute Gasteiger partial charge is 0.494 e. The molecule has 8 nitrogen and oxygen atoms in total. The van der Waals surface area contributed by atoms with Crippen molar-refractivity contribution in [3.63, 3.8) is 0 Å². The number of benzene rings is 1. The van der Waals surface area contributed by atoms with Crippen LogP contribution in [-0.2, 0) is 9.53 Å². The number of methoxy groups -OCH3 is 1. The molecule has 0 bridgehead atoms. The maximum atomic E-state index is 12.3. The second kappa shape index (κ2) is 10.2. The number of amides is 3. The highest BCUT2D eigenvalue weighted by molar-refractivity contribution is 6.37. The van der Waals surface area contributed by atoms with E-state index in [0.29, 0.717) is 0 Å². The first-order chi connectivity index (χ1) is 12.5. The lowest BCUT2D eigenvalue weighted by atomic mass is 10.2. The molecule has 0 fully saturated rings. The van der Waals surface area contributed by atoms with Gasteiger partial charge in [-0.25, -0.2) is 4.79 Å². The molecule has 0 radical (unpaired) electrons. The molecule has 0 aliphatic heterocycles. The smallest absolute Gasteiger partial charge is 0.408 e. The number of ether oxygens (including phenoxy) is 2. The van der Waals surface area contributed by atoms with E-state index in [0.717, 1.165) is 0 Å². The second-order valence-electron chi connectivity index (χ2n) is 6.40. The fourth-order valence-corrected chi connectivity index (χ4v) is 2.41. The first kappa shape index (κ1) is 22.9. The van der Waals surface area contributed by atoms with E-state index in [1.54, 1.807) is 20.8 Å². The molecule has 3 amide bonds. The molecule has 0 saturated carbocycles. The van der Waals surface area contributed by atoms with Crippen molar-refractivity contribution in [2.45, 2.75) is 26.4 Å². The van der Waals surface area contributed by atoms with Crippen LogP contribution < -0.4 is 20.7 Å². The molecule has 1 rings (SSSR count). The SMILES string of the molecule is COc1c(Cl)ccc(Cl)c1C(=O)NCCNC(=O)CNC(=O)OC(C)(C)C. The zero-order valence-electron chi connectivity index (χ0n) is 15.6. The molecule has 0 aliphatic carbocycles. The fraction of sp³-hybridized carbons (Fsp3) is 0.471. The molecule has 150 valence electrons. The maximum absolute atomic E-state index is 12.3. The van der Waals surface area contributed by atoms with Gasteiger partial charge in [0.05, 0.1) is 23.7 Å². The molecule has 0 aromatic heterocycles. The summed E-state index contributed by atoms with van der Waals surface area (Å²) in [6.45, 7) is 5.21. The van der Waals surface area contributed by atoms with Gasteiger partial charge in [0.15, 0.2) is 5.75 Å². The Hall–Kier alpha value is -2.19. The first-order valence-electron chi connectivity index (χ1n) is 8.09. The lowest BCUT2D eigenvalue weighted by Crippen LogP contribution is -2.42. The monoisotopic (exact) mass is 419 g/mol. The maximum Gasteiger partial charge on any atom is 0.408 e. The second-order valence-corrected chi connectivity index (χ2v) is 7.21. The molecule has 3 N–H and O–H groups in total. The molecule has 1 aromatic carbocycles. The van der Waals surface area contributed by atoms with Crippen LogP contribution in [0.25, 0.3) is 0 Å². The summed E-state index contributed by atoms with van der Waals surface area (Å²) in [6.07, 6.45) is -0.686. The molecule has 27 heavy (non-hydrogen) atoms. The quantitative estimate of drug-likeness (QED) is 0.588. The van der Waals surface area contributed by atoms with Gasteiger partial charge in [-0.2, -0.15) is 0 Å². The van der Waals surface area contributed by atoms with Gasteiger partial charge in [-0.3, -0.25) is 9.59 Å². The van der Waals surface area contributed by atoms with E-state index in [2.05, 4.69) is 16.0 Å². The van der Waals surface area contributed by atoms with Crippen LogP contribution in [0, 0.1) is 0 Å². The van der Waals surface area contributed by atoms with Crippen molar-refractivity contribution in [3.8, 4) is 5.75 Å². The minimum absolute atomic E-state index is 0.115. The average Bonchev–Trinajstić information content (AvgIpc) is 2.56. The Bertz CT molecular complexity index is 705. The summed E-state index contributed by atoms with van der Waals surface area (Å²) in [5.41, 5.74) is -0.530. The molecule has 0 spiro atoms. The minimum atomic E-state index is -0.686. The highest BCUT2D eigenvalue weighted by Crippen LogP contribution is 2.33. The predicted molar refractivity (Wildman–Crippen MR) is 103 cm³/mol. The Kier molecular flexibility index (Phi) is 8.65. The van der Waals surface area contributed by atoms with Crippen molar-refractivity contribution in [1.29, 1.82) is 0 Å². The van der Waals surface area contributed by atoms with Gasteiger partial charge in [-0.1, -0.05) is 23.2 Å². The van der Waals surface area contributed by atoms with Crippen molar-refractivity contribution in [3.05, 3.63) is 27.7 Å². The molecule has 0 heterocycles. The predicted octanol–water partition coefficient (Wildman–Crippen LogP) is 2.37. The van der Waals surface area contributed by atoms with E-state index in [-0.39, 0.29) is 41.0 Å². The highest BCUT2D eigenvalue weighted by atomic mass is 35.5. The number of nitrogens with one attached hydrogen (secondary N) is 3. The van der Waals surface area contributed by atoms with E-state index in [1.165, 1.54) is 19.2 Å².